The monoisotopic (exact) mass is 269 g/mol. The topological polar surface area (TPSA) is 43.8 Å². The largest absolute Gasteiger partial charge is 0.416 e. The number of fused-ring (bicyclic) bond motifs is 1. The van der Waals surface area contributed by atoms with Gasteiger partial charge < -0.3 is 10.3 Å². The van der Waals surface area contributed by atoms with Crippen LogP contribution in [0.4, 0.5) is 13.2 Å². The van der Waals surface area contributed by atoms with E-state index < -0.39 is 11.7 Å². The van der Waals surface area contributed by atoms with Crippen LogP contribution in [0.15, 0.2) is 18.2 Å². The molecule has 2 N–H and O–H groups in total. The van der Waals surface area contributed by atoms with Crippen LogP contribution in [0.1, 0.15) is 30.3 Å². The maximum Gasteiger partial charge on any atom is 0.416 e. The Morgan fingerprint density at radius 3 is 2.63 bits per heavy atom. The van der Waals surface area contributed by atoms with Gasteiger partial charge in [-0.05, 0) is 37.0 Å². The summed E-state index contributed by atoms with van der Waals surface area (Å²) < 4.78 is 39.8. The van der Waals surface area contributed by atoms with Crippen LogP contribution in [0.5, 0.6) is 0 Å². The van der Waals surface area contributed by atoms with E-state index in [1.165, 1.54) is 6.07 Å². The number of imidazole rings is 1. The van der Waals surface area contributed by atoms with Crippen LogP contribution in [0.25, 0.3) is 11.0 Å². The molecule has 1 aliphatic carbocycles. The van der Waals surface area contributed by atoms with E-state index in [0.29, 0.717) is 22.8 Å². The first kappa shape index (κ1) is 12.5. The van der Waals surface area contributed by atoms with Gasteiger partial charge in [-0.1, -0.05) is 0 Å². The lowest BCUT2D eigenvalue weighted by molar-refractivity contribution is -0.137. The Morgan fingerprint density at radius 2 is 2.05 bits per heavy atom. The van der Waals surface area contributed by atoms with Crippen molar-refractivity contribution in [3.05, 3.63) is 29.6 Å². The summed E-state index contributed by atoms with van der Waals surface area (Å²) in [4.78, 5) is 4.37. The summed E-state index contributed by atoms with van der Waals surface area (Å²) in [7, 11) is 1.72. The molecule has 0 saturated heterocycles. The summed E-state index contributed by atoms with van der Waals surface area (Å²) in [6.07, 6.45) is -2.20. The van der Waals surface area contributed by atoms with E-state index in [4.69, 9.17) is 5.73 Å². The number of nitrogens with two attached hydrogens (primary N) is 1. The molecule has 2 aromatic rings. The minimum Gasteiger partial charge on any atom is -0.330 e. The molecule has 0 spiro atoms. The van der Waals surface area contributed by atoms with E-state index in [-0.39, 0.29) is 6.04 Å². The summed E-state index contributed by atoms with van der Waals surface area (Å²) in [5, 5.41) is 0. The highest BCUT2D eigenvalue weighted by molar-refractivity contribution is 5.77. The molecule has 1 fully saturated rings. The number of aromatic nitrogens is 2. The van der Waals surface area contributed by atoms with Crippen molar-refractivity contribution < 1.29 is 13.2 Å². The molecule has 102 valence electrons. The quantitative estimate of drug-likeness (QED) is 0.910. The fraction of sp³-hybridized carbons (Fsp3) is 0.462. The van der Waals surface area contributed by atoms with Crippen molar-refractivity contribution >= 4 is 11.0 Å². The zero-order chi connectivity index (χ0) is 13.8. The van der Waals surface area contributed by atoms with Crippen molar-refractivity contribution in [1.82, 2.24) is 9.55 Å². The summed E-state index contributed by atoms with van der Waals surface area (Å²) in [6, 6.07) is 3.40. The van der Waals surface area contributed by atoms with E-state index >= 15 is 0 Å². The second kappa shape index (κ2) is 3.96. The van der Waals surface area contributed by atoms with Gasteiger partial charge in [-0.25, -0.2) is 4.98 Å². The van der Waals surface area contributed by atoms with Crippen LogP contribution in [0, 0.1) is 5.92 Å². The van der Waals surface area contributed by atoms with Gasteiger partial charge in [-0.2, -0.15) is 13.2 Å². The number of rotatable bonds is 2. The van der Waals surface area contributed by atoms with E-state index in [9.17, 15) is 13.2 Å². The van der Waals surface area contributed by atoms with Gasteiger partial charge in [0, 0.05) is 7.05 Å². The molecule has 0 radical (unpaired) electrons. The highest BCUT2D eigenvalue weighted by Gasteiger charge is 2.34. The van der Waals surface area contributed by atoms with Crippen LogP contribution >= 0.6 is 0 Å². The Bertz CT molecular complexity index is 626. The lowest BCUT2D eigenvalue weighted by Gasteiger charge is -2.10. The Balaban J connectivity index is 2.10. The molecule has 1 aliphatic rings. The predicted molar refractivity (Wildman–Crippen MR) is 65.4 cm³/mol. The number of hydrogen-bond donors (Lipinski definition) is 1. The zero-order valence-corrected chi connectivity index (χ0v) is 10.4. The number of halogens is 3. The van der Waals surface area contributed by atoms with Gasteiger partial charge in [0.2, 0.25) is 0 Å². The minimum atomic E-state index is -4.34. The van der Waals surface area contributed by atoms with Crippen LogP contribution < -0.4 is 5.73 Å². The number of benzene rings is 1. The Morgan fingerprint density at radius 1 is 1.37 bits per heavy atom. The van der Waals surface area contributed by atoms with Crippen LogP contribution in [-0.4, -0.2) is 9.55 Å². The number of alkyl halides is 3. The molecule has 3 nitrogen and oxygen atoms in total. The molecule has 0 bridgehead atoms. The van der Waals surface area contributed by atoms with Crippen molar-refractivity contribution in [2.75, 3.05) is 0 Å². The third-order valence-electron chi connectivity index (χ3n) is 3.67. The van der Waals surface area contributed by atoms with Gasteiger partial charge in [-0.3, -0.25) is 0 Å². The first-order valence-electron chi connectivity index (χ1n) is 6.17. The zero-order valence-electron chi connectivity index (χ0n) is 10.4. The molecule has 1 saturated carbocycles. The summed E-state index contributed by atoms with van der Waals surface area (Å²) in [5.41, 5.74) is 6.46. The summed E-state index contributed by atoms with van der Waals surface area (Å²) >= 11 is 0. The van der Waals surface area contributed by atoms with Crippen LogP contribution in [0.2, 0.25) is 0 Å². The SMILES string of the molecule is Cn1c([C@@H](N)C2CC2)nc2ccc(C(F)(F)F)cc21. The Kier molecular flexibility index (Phi) is 2.60. The maximum atomic E-state index is 12.7. The molecule has 1 heterocycles. The molecule has 0 aliphatic heterocycles. The van der Waals surface area contributed by atoms with Crippen molar-refractivity contribution in [3.63, 3.8) is 0 Å². The van der Waals surface area contributed by atoms with E-state index in [0.717, 1.165) is 25.0 Å². The van der Waals surface area contributed by atoms with Gasteiger partial charge in [0.05, 0.1) is 22.6 Å². The van der Waals surface area contributed by atoms with Crippen molar-refractivity contribution in [1.29, 1.82) is 0 Å². The highest BCUT2D eigenvalue weighted by atomic mass is 19.4. The molecule has 0 amide bonds. The molecule has 1 atom stereocenters. The third-order valence-corrected chi connectivity index (χ3v) is 3.67. The molecule has 0 unspecified atom stereocenters. The molecule has 19 heavy (non-hydrogen) atoms. The molecular formula is C13H14F3N3. The molecule has 6 heteroatoms. The van der Waals surface area contributed by atoms with Gasteiger partial charge in [-0.15, -0.1) is 0 Å². The lowest BCUT2D eigenvalue weighted by atomic mass is 10.2. The second-order valence-electron chi connectivity index (χ2n) is 5.09. The number of hydrogen-bond acceptors (Lipinski definition) is 2. The van der Waals surface area contributed by atoms with Crippen molar-refractivity contribution in [3.8, 4) is 0 Å². The van der Waals surface area contributed by atoms with Gasteiger partial charge in [0.25, 0.3) is 0 Å². The molecule has 1 aromatic carbocycles. The highest BCUT2D eigenvalue weighted by Crippen LogP contribution is 2.40. The maximum absolute atomic E-state index is 12.7. The average Bonchev–Trinajstić information content (AvgIpc) is 3.13. The van der Waals surface area contributed by atoms with Gasteiger partial charge >= 0.3 is 6.18 Å². The van der Waals surface area contributed by atoms with E-state index in [2.05, 4.69) is 4.98 Å². The fourth-order valence-electron chi connectivity index (χ4n) is 2.35. The summed E-state index contributed by atoms with van der Waals surface area (Å²) in [5.74, 6) is 1.08. The Hall–Kier alpha value is -1.56. The van der Waals surface area contributed by atoms with Gasteiger partial charge in [0.15, 0.2) is 0 Å². The molecular weight excluding hydrogens is 255 g/mol. The number of nitrogens with zero attached hydrogens (tertiary/aromatic N) is 2. The fourth-order valence-corrected chi connectivity index (χ4v) is 2.35. The third kappa shape index (κ3) is 2.10. The molecule has 1 aromatic heterocycles. The van der Waals surface area contributed by atoms with Crippen LogP contribution in [0.3, 0.4) is 0 Å². The van der Waals surface area contributed by atoms with Crippen LogP contribution in [-0.2, 0) is 13.2 Å². The second-order valence-corrected chi connectivity index (χ2v) is 5.09. The lowest BCUT2D eigenvalue weighted by Crippen LogP contribution is -2.17. The molecule has 3 rings (SSSR count). The first-order valence-corrected chi connectivity index (χ1v) is 6.17. The van der Waals surface area contributed by atoms with E-state index in [1.807, 2.05) is 0 Å². The standard InChI is InChI=1S/C13H14F3N3/c1-19-10-6-8(13(14,15)16)4-5-9(10)18-12(19)11(17)7-2-3-7/h4-7,11H,2-3,17H2,1H3/t11-/m0/s1. The smallest absolute Gasteiger partial charge is 0.330 e. The Labute approximate surface area is 108 Å². The number of aryl methyl sites for hydroxylation is 1. The minimum absolute atomic E-state index is 0.188. The normalized spacial score (nSPS) is 17.9. The summed E-state index contributed by atoms with van der Waals surface area (Å²) in [6.45, 7) is 0. The van der Waals surface area contributed by atoms with Crippen molar-refractivity contribution in [2.45, 2.75) is 25.1 Å². The first-order chi connectivity index (χ1) is 8.88. The predicted octanol–water partition coefficient (Wildman–Crippen LogP) is 3.00. The van der Waals surface area contributed by atoms with E-state index in [1.54, 1.807) is 11.6 Å². The average molecular weight is 269 g/mol. The van der Waals surface area contributed by atoms with Crippen molar-refractivity contribution in [2.24, 2.45) is 18.7 Å². The van der Waals surface area contributed by atoms with Gasteiger partial charge in [0.1, 0.15) is 5.82 Å².